The quantitative estimate of drug-likeness (QED) is 0.794. The number of ether oxygens (including phenoxy) is 1. The summed E-state index contributed by atoms with van der Waals surface area (Å²) in [6.07, 6.45) is -0.578. The molecule has 2 atom stereocenters. The van der Waals surface area contributed by atoms with E-state index in [0.717, 1.165) is 0 Å². The van der Waals surface area contributed by atoms with Gasteiger partial charge in [0.25, 0.3) is 0 Å². The standard InChI is InChI=1S/C11H13NO5S/c12-9-5-18(15,16)6-10(9)17-8-3-1-7(2-4-8)11(13)14/h1-4,9-10H,5-6,12H2,(H,13,14). The zero-order valence-electron chi connectivity index (χ0n) is 9.44. The molecule has 1 saturated heterocycles. The molecule has 0 aliphatic carbocycles. The smallest absolute Gasteiger partial charge is 0.335 e. The summed E-state index contributed by atoms with van der Waals surface area (Å²) in [7, 11) is -3.13. The van der Waals surface area contributed by atoms with Crippen LogP contribution in [0.25, 0.3) is 0 Å². The molecule has 2 unspecified atom stereocenters. The van der Waals surface area contributed by atoms with Crippen molar-refractivity contribution >= 4 is 15.8 Å². The topological polar surface area (TPSA) is 107 Å². The van der Waals surface area contributed by atoms with Crippen molar-refractivity contribution < 1.29 is 23.1 Å². The first-order chi connectivity index (χ1) is 8.37. The van der Waals surface area contributed by atoms with Gasteiger partial charge in [-0.15, -0.1) is 0 Å². The van der Waals surface area contributed by atoms with E-state index in [9.17, 15) is 13.2 Å². The first-order valence-corrected chi connectivity index (χ1v) is 7.15. The van der Waals surface area contributed by atoms with Crippen molar-refractivity contribution in [3.63, 3.8) is 0 Å². The maximum atomic E-state index is 11.3. The van der Waals surface area contributed by atoms with Gasteiger partial charge in [-0.2, -0.15) is 0 Å². The van der Waals surface area contributed by atoms with Crippen LogP contribution in [0.3, 0.4) is 0 Å². The molecule has 7 heteroatoms. The van der Waals surface area contributed by atoms with E-state index in [1.165, 1.54) is 24.3 Å². The molecular formula is C11H13NO5S. The van der Waals surface area contributed by atoms with Gasteiger partial charge in [0.15, 0.2) is 9.84 Å². The Kier molecular flexibility index (Phi) is 3.27. The third-order valence-corrected chi connectivity index (χ3v) is 4.46. The van der Waals surface area contributed by atoms with E-state index in [1.54, 1.807) is 0 Å². The minimum Gasteiger partial charge on any atom is -0.488 e. The lowest BCUT2D eigenvalue weighted by atomic mass is 10.2. The first-order valence-electron chi connectivity index (χ1n) is 5.33. The number of carboxylic acid groups (broad SMARTS) is 1. The van der Waals surface area contributed by atoms with Gasteiger partial charge in [0.1, 0.15) is 11.9 Å². The number of hydrogen-bond donors (Lipinski definition) is 2. The van der Waals surface area contributed by atoms with Crippen LogP contribution in [0, 0.1) is 0 Å². The molecule has 1 aliphatic rings. The highest BCUT2D eigenvalue weighted by atomic mass is 32.2. The molecule has 98 valence electrons. The molecule has 3 N–H and O–H groups in total. The Bertz CT molecular complexity index is 551. The molecule has 1 aliphatic heterocycles. The monoisotopic (exact) mass is 271 g/mol. The van der Waals surface area contributed by atoms with Gasteiger partial charge in [-0.25, -0.2) is 13.2 Å². The van der Waals surface area contributed by atoms with Gasteiger partial charge in [0, 0.05) is 0 Å². The van der Waals surface area contributed by atoms with Gasteiger partial charge >= 0.3 is 5.97 Å². The second-order valence-corrected chi connectivity index (χ2v) is 6.38. The number of hydrogen-bond acceptors (Lipinski definition) is 5. The molecule has 0 bridgehead atoms. The summed E-state index contributed by atoms with van der Waals surface area (Å²) in [5.74, 6) is -0.793. The van der Waals surface area contributed by atoms with Gasteiger partial charge in [0.2, 0.25) is 0 Å². The van der Waals surface area contributed by atoms with Crippen LogP contribution in [0.5, 0.6) is 5.75 Å². The lowest BCUT2D eigenvalue weighted by Crippen LogP contribution is -2.37. The predicted molar refractivity (Wildman–Crippen MR) is 64.4 cm³/mol. The van der Waals surface area contributed by atoms with E-state index in [-0.39, 0.29) is 17.1 Å². The number of sulfone groups is 1. The molecule has 6 nitrogen and oxygen atoms in total. The molecule has 18 heavy (non-hydrogen) atoms. The number of benzene rings is 1. The van der Waals surface area contributed by atoms with Crippen LogP contribution in [0.15, 0.2) is 24.3 Å². The van der Waals surface area contributed by atoms with Gasteiger partial charge in [-0.05, 0) is 24.3 Å². The third kappa shape index (κ3) is 2.80. The Morgan fingerprint density at radius 3 is 2.33 bits per heavy atom. The Balaban J connectivity index is 2.08. The van der Waals surface area contributed by atoms with Gasteiger partial charge in [-0.3, -0.25) is 0 Å². The molecule has 1 aromatic carbocycles. The van der Waals surface area contributed by atoms with Crippen LogP contribution in [0.4, 0.5) is 0 Å². The summed E-state index contributed by atoms with van der Waals surface area (Å²) in [4.78, 5) is 10.7. The Morgan fingerprint density at radius 1 is 1.28 bits per heavy atom. The summed E-state index contributed by atoms with van der Waals surface area (Å²) in [6.45, 7) is 0. The SMILES string of the molecule is NC1CS(=O)(=O)CC1Oc1ccc(C(=O)O)cc1. The molecule has 2 rings (SSSR count). The fourth-order valence-electron chi connectivity index (χ4n) is 1.81. The summed E-state index contributed by atoms with van der Waals surface area (Å²) < 4.78 is 28.2. The summed E-state index contributed by atoms with van der Waals surface area (Å²) >= 11 is 0. The fourth-order valence-corrected chi connectivity index (χ4v) is 3.57. The van der Waals surface area contributed by atoms with E-state index in [2.05, 4.69) is 0 Å². The normalized spacial score (nSPS) is 25.8. The molecule has 0 amide bonds. The predicted octanol–water partition coefficient (Wildman–Crippen LogP) is -0.112. The molecule has 0 radical (unpaired) electrons. The summed E-state index contributed by atoms with van der Waals surface area (Å²) in [5.41, 5.74) is 5.83. The van der Waals surface area contributed by atoms with Gasteiger partial charge in [0.05, 0.1) is 23.1 Å². The van der Waals surface area contributed by atoms with Crippen LogP contribution in [-0.4, -0.2) is 43.1 Å². The van der Waals surface area contributed by atoms with E-state index in [0.29, 0.717) is 5.75 Å². The molecule has 1 heterocycles. The molecule has 0 saturated carbocycles. The first kappa shape index (κ1) is 12.8. The molecule has 1 aromatic rings. The van der Waals surface area contributed by atoms with Crippen LogP contribution in [-0.2, 0) is 9.84 Å². The number of aromatic carboxylic acids is 1. The van der Waals surface area contributed by atoms with Gasteiger partial charge in [-0.1, -0.05) is 0 Å². The number of carbonyl (C=O) groups is 1. The summed E-state index contributed by atoms with van der Waals surface area (Å²) in [5, 5.41) is 8.73. The molecule has 0 spiro atoms. The Labute approximate surface area is 104 Å². The molecule has 0 aromatic heterocycles. The van der Waals surface area contributed by atoms with Crippen molar-refractivity contribution in [3.05, 3.63) is 29.8 Å². The zero-order chi connectivity index (χ0) is 13.3. The third-order valence-electron chi connectivity index (χ3n) is 2.73. The van der Waals surface area contributed by atoms with Crippen molar-refractivity contribution in [1.82, 2.24) is 0 Å². The minimum absolute atomic E-state index is 0.0785. The maximum absolute atomic E-state index is 11.3. The lowest BCUT2D eigenvalue weighted by molar-refractivity contribution is 0.0697. The fraction of sp³-hybridized carbons (Fsp3) is 0.364. The average molecular weight is 271 g/mol. The van der Waals surface area contributed by atoms with E-state index in [4.69, 9.17) is 15.6 Å². The maximum Gasteiger partial charge on any atom is 0.335 e. The van der Waals surface area contributed by atoms with Gasteiger partial charge < -0.3 is 15.6 Å². The second kappa shape index (κ2) is 4.58. The van der Waals surface area contributed by atoms with E-state index in [1.807, 2.05) is 0 Å². The van der Waals surface area contributed by atoms with Crippen molar-refractivity contribution in [3.8, 4) is 5.75 Å². The highest BCUT2D eigenvalue weighted by molar-refractivity contribution is 7.91. The molecular weight excluding hydrogens is 258 g/mol. The lowest BCUT2D eigenvalue weighted by Gasteiger charge is -2.16. The zero-order valence-corrected chi connectivity index (χ0v) is 10.3. The highest BCUT2D eigenvalue weighted by Gasteiger charge is 2.36. The van der Waals surface area contributed by atoms with Crippen LogP contribution < -0.4 is 10.5 Å². The van der Waals surface area contributed by atoms with Crippen LogP contribution in [0.1, 0.15) is 10.4 Å². The van der Waals surface area contributed by atoms with Crippen molar-refractivity contribution in [2.24, 2.45) is 5.73 Å². The van der Waals surface area contributed by atoms with Crippen molar-refractivity contribution in [2.45, 2.75) is 12.1 Å². The number of carboxylic acids is 1. The second-order valence-electron chi connectivity index (χ2n) is 4.23. The van der Waals surface area contributed by atoms with Crippen LogP contribution >= 0.6 is 0 Å². The summed E-state index contributed by atoms with van der Waals surface area (Å²) in [6, 6.07) is 5.22. The van der Waals surface area contributed by atoms with Crippen LogP contribution in [0.2, 0.25) is 0 Å². The average Bonchev–Trinajstić information content (AvgIpc) is 2.52. The molecule has 1 fully saturated rings. The van der Waals surface area contributed by atoms with Crippen molar-refractivity contribution in [1.29, 1.82) is 0 Å². The highest BCUT2D eigenvalue weighted by Crippen LogP contribution is 2.19. The Morgan fingerprint density at radius 2 is 1.89 bits per heavy atom. The van der Waals surface area contributed by atoms with E-state index < -0.39 is 28.0 Å². The largest absolute Gasteiger partial charge is 0.488 e. The number of rotatable bonds is 3. The van der Waals surface area contributed by atoms with Crippen molar-refractivity contribution in [2.75, 3.05) is 11.5 Å². The number of nitrogens with two attached hydrogens (primary N) is 1. The van der Waals surface area contributed by atoms with E-state index >= 15 is 0 Å². The Hall–Kier alpha value is -1.60. The minimum atomic E-state index is -3.13.